The van der Waals surface area contributed by atoms with E-state index >= 15 is 0 Å². The molecule has 2 aromatic carbocycles. The molecule has 0 aliphatic heterocycles. The van der Waals surface area contributed by atoms with E-state index in [1.54, 1.807) is 17.3 Å². The molecule has 3 aromatic rings. The molecule has 1 aromatic heterocycles. The standard InChI is InChI=1S/C21H22N4O/c1-4-25(18-8-6-5-7-9-18)20(26)17-13-22-21(23-14-17)24-19-12-15(2)10-11-16(19)3/h5-14H,4H2,1-3H3,(H,22,23,24). The van der Waals surface area contributed by atoms with E-state index in [0.29, 0.717) is 18.1 Å². The van der Waals surface area contributed by atoms with Gasteiger partial charge in [-0.15, -0.1) is 0 Å². The van der Waals surface area contributed by atoms with Crippen molar-refractivity contribution in [2.24, 2.45) is 0 Å². The summed E-state index contributed by atoms with van der Waals surface area (Å²) < 4.78 is 0. The Kier molecular flexibility index (Phi) is 5.27. The smallest absolute Gasteiger partial charge is 0.261 e. The van der Waals surface area contributed by atoms with Crippen LogP contribution in [0.5, 0.6) is 0 Å². The lowest BCUT2D eigenvalue weighted by molar-refractivity contribution is 0.0987. The second-order valence-corrected chi connectivity index (χ2v) is 6.12. The van der Waals surface area contributed by atoms with Gasteiger partial charge in [0.05, 0.1) is 5.56 Å². The lowest BCUT2D eigenvalue weighted by atomic mass is 10.1. The van der Waals surface area contributed by atoms with E-state index < -0.39 is 0 Å². The molecule has 0 bridgehead atoms. The maximum atomic E-state index is 12.8. The summed E-state index contributed by atoms with van der Waals surface area (Å²) in [7, 11) is 0. The summed E-state index contributed by atoms with van der Waals surface area (Å²) in [5, 5.41) is 3.21. The van der Waals surface area contributed by atoms with Crippen LogP contribution in [0, 0.1) is 13.8 Å². The highest BCUT2D eigenvalue weighted by Crippen LogP contribution is 2.20. The molecule has 5 heteroatoms. The minimum Gasteiger partial charge on any atom is -0.324 e. The van der Waals surface area contributed by atoms with E-state index in [4.69, 9.17) is 0 Å². The van der Waals surface area contributed by atoms with Gasteiger partial charge in [0.25, 0.3) is 5.91 Å². The average Bonchev–Trinajstić information content (AvgIpc) is 2.67. The largest absolute Gasteiger partial charge is 0.324 e. The highest BCUT2D eigenvalue weighted by molar-refractivity contribution is 6.05. The minimum absolute atomic E-state index is 0.114. The van der Waals surface area contributed by atoms with Crippen molar-refractivity contribution >= 4 is 23.2 Å². The fourth-order valence-corrected chi connectivity index (χ4v) is 2.70. The Bertz CT molecular complexity index is 892. The van der Waals surface area contributed by atoms with Crippen molar-refractivity contribution in [3.63, 3.8) is 0 Å². The molecule has 26 heavy (non-hydrogen) atoms. The van der Waals surface area contributed by atoms with Gasteiger partial charge in [0.1, 0.15) is 0 Å². The first-order valence-corrected chi connectivity index (χ1v) is 8.61. The SMILES string of the molecule is CCN(C(=O)c1cnc(Nc2cc(C)ccc2C)nc1)c1ccccc1. The van der Waals surface area contributed by atoms with Crippen molar-refractivity contribution in [1.82, 2.24) is 9.97 Å². The van der Waals surface area contributed by atoms with Crippen molar-refractivity contribution in [1.29, 1.82) is 0 Å². The van der Waals surface area contributed by atoms with Crippen LogP contribution in [0.1, 0.15) is 28.4 Å². The quantitative estimate of drug-likeness (QED) is 0.739. The molecule has 0 fully saturated rings. The molecule has 132 valence electrons. The number of hydrogen-bond acceptors (Lipinski definition) is 4. The summed E-state index contributed by atoms with van der Waals surface area (Å²) in [5.41, 5.74) is 4.55. The minimum atomic E-state index is -0.114. The van der Waals surface area contributed by atoms with Crippen LogP contribution in [0.3, 0.4) is 0 Å². The van der Waals surface area contributed by atoms with Gasteiger partial charge < -0.3 is 10.2 Å². The monoisotopic (exact) mass is 346 g/mol. The number of carbonyl (C=O) groups is 1. The maximum absolute atomic E-state index is 12.8. The Morgan fingerprint density at radius 2 is 1.73 bits per heavy atom. The number of para-hydroxylation sites is 1. The fraction of sp³-hybridized carbons (Fsp3) is 0.190. The lowest BCUT2D eigenvalue weighted by Gasteiger charge is -2.20. The summed E-state index contributed by atoms with van der Waals surface area (Å²) in [5.74, 6) is 0.356. The molecule has 0 unspecified atom stereocenters. The van der Waals surface area contributed by atoms with Gasteiger partial charge in [-0.05, 0) is 50.1 Å². The summed E-state index contributed by atoms with van der Waals surface area (Å²) in [6.07, 6.45) is 3.13. The van der Waals surface area contributed by atoms with Crippen LogP contribution >= 0.6 is 0 Å². The van der Waals surface area contributed by atoms with Gasteiger partial charge in [-0.2, -0.15) is 0 Å². The molecule has 0 atom stereocenters. The number of aromatic nitrogens is 2. The molecule has 3 rings (SSSR count). The predicted molar refractivity (Wildman–Crippen MR) is 105 cm³/mol. The van der Waals surface area contributed by atoms with Gasteiger partial charge in [-0.25, -0.2) is 9.97 Å². The normalized spacial score (nSPS) is 10.4. The zero-order valence-corrected chi connectivity index (χ0v) is 15.2. The van der Waals surface area contributed by atoms with E-state index in [9.17, 15) is 4.79 Å². The third-order valence-electron chi connectivity index (χ3n) is 4.17. The van der Waals surface area contributed by atoms with E-state index in [2.05, 4.69) is 27.4 Å². The van der Waals surface area contributed by atoms with Crippen molar-refractivity contribution in [3.8, 4) is 0 Å². The van der Waals surface area contributed by atoms with Crippen molar-refractivity contribution in [2.45, 2.75) is 20.8 Å². The predicted octanol–water partition coefficient (Wildman–Crippen LogP) is 4.50. The molecule has 0 saturated heterocycles. The number of carbonyl (C=O) groups excluding carboxylic acids is 1. The summed E-state index contributed by atoms with van der Waals surface area (Å²) in [6.45, 7) is 6.59. The summed E-state index contributed by atoms with van der Waals surface area (Å²) >= 11 is 0. The van der Waals surface area contributed by atoms with Crippen LogP contribution in [0.2, 0.25) is 0 Å². The van der Waals surface area contributed by atoms with Gasteiger partial charge in [-0.3, -0.25) is 4.79 Å². The third-order valence-corrected chi connectivity index (χ3v) is 4.17. The summed E-state index contributed by atoms with van der Waals surface area (Å²) in [6, 6.07) is 15.8. The number of anilines is 3. The Morgan fingerprint density at radius 3 is 2.38 bits per heavy atom. The molecule has 0 saturated carbocycles. The average molecular weight is 346 g/mol. The molecule has 1 N–H and O–H groups in total. The lowest BCUT2D eigenvalue weighted by Crippen LogP contribution is -2.30. The van der Waals surface area contributed by atoms with Gasteiger partial charge in [0.2, 0.25) is 5.95 Å². The topological polar surface area (TPSA) is 58.1 Å². The van der Waals surface area contributed by atoms with Crippen LogP contribution < -0.4 is 10.2 Å². The zero-order valence-electron chi connectivity index (χ0n) is 15.2. The molecule has 0 aliphatic carbocycles. The second-order valence-electron chi connectivity index (χ2n) is 6.12. The van der Waals surface area contributed by atoms with Crippen LogP contribution in [-0.4, -0.2) is 22.4 Å². The molecule has 1 heterocycles. The first kappa shape index (κ1) is 17.6. The van der Waals surface area contributed by atoms with E-state index in [0.717, 1.165) is 22.5 Å². The maximum Gasteiger partial charge on any atom is 0.261 e. The van der Waals surface area contributed by atoms with Gasteiger partial charge in [-0.1, -0.05) is 30.3 Å². The van der Waals surface area contributed by atoms with E-state index in [-0.39, 0.29) is 5.91 Å². The number of rotatable bonds is 5. The van der Waals surface area contributed by atoms with Crippen LogP contribution in [-0.2, 0) is 0 Å². The highest BCUT2D eigenvalue weighted by atomic mass is 16.2. The van der Waals surface area contributed by atoms with Gasteiger partial charge in [0.15, 0.2) is 0 Å². The van der Waals surface area contributed by atoms with Gasteiger partial charge >= 0.3 is 0 Å². The molecule has 1 amide bonds. The zero-order chi connectivity index (χ0) is 18.5. The highest BCUT2D eigenvalue weighted by Gasteiger charge is 2.16. The van der Waals surface area contributed by atoms with Crippen LogP contribution in [0.25, 0.3) is 0 Å². The Labute approximate surface area is 153 Å². The van der Waals surface area contributed by atoms with Crippen molar-refractivity contribution < 1.29 is 4.79 Å². The number of hydrogen-bond donors (Lipinski definition) is 1. The Morgan fingerprint density at radius 1 is 1.04 bits per heavy atom. The molecule has 5 nitrogen and oxygen atoms in total. The molecule has 0 spiro atoms. The van der Waals surface area contributed by atoms with Crippen LogP contribution in [0.4, 0.5) is 17.3 Å². The number of amides is 1. The first-order valence-electron chi connectivity index (χ1n) is 8.61. The van der Waals surface area contributed by atoms with E-state index in [1.807, 2.05) is 57.2 Å². The molecule has 0 radical (unpaired) electrons. The number of nitrogens with zero attached hydrogens (tertiary/aromatic N) is 3. The molecular weight excluding hydrogens is 324 g/mol. The number of benzene rings is 2. The fourth-order valence-electron chi connectivity index (χ4n) is 2.70. The number of nitrogens with one attached hydrogen (secondary N) is 1. The van der Waals surface area contributed by atoms with Crippen molar-refractivity contribution in [2.75, 3.05) is 16.8 Å². The Hall–Kier alpha value is -3.21. The number of aryl methyl sites for hydroxylation is 2. The first-order chi connectivity index (χ1) is 12.6. The molecule has 0 aliphatic rings. The van der Waals surface area contributed by atoms with Crippen LogP contribution in [0.15, 0.2) is 60.9 Å². The summed E-state index contributed by atoms with van der Waals surface area (Å²) in [4.78, 5) is 23.1. The van der Waals surface area contributed by atoms with Gasteiger partial charge in [0, 0.05) is 30.3 Å². The third kappa shape index (κ3) is 3.88. The second kappa shape index (κ2) is 7.78. The molecular formula is C21H22N4O. The van der Waals surface area contributed by atoms with E-state index in [1.165, 1.54) is 0 Å². The Balaban J connectivity index is 1.78. The van der Waals surface area contributed by atoms with Crippen molar-refractivity contribution in [3.05, 3.63) is 77.6 Å².